The SMILES string of the molecule is ClCc1cc(OCC2CSc3ccccc32)ccc1Br. The van der Waals surface area contributed by atoms with E-state index in [-0.39, 0.29) is 0 Å². The molecule has 0 saturated carbocycles. The smallest absolute Gasteiger partial charge is 0.119 e. The summed E-state index contributed by atoms with van der Waals surface area (Å²) in [7, 11) is 0. The lowest BCUT2D eigenvalue weighted by atomic mass is 10.0. The lowest BCUT2D eigenvalue weighted by molar-refractivity contribution is 0.298. The number of halogens is 2. The Kier molecular flexibility index (Phi) is 4.59. The Morgan fingerprint density at radius 1 is 1.25 bits per heavy atom. The van der Waals surface area contributed by atoms with Crippen LogP contribution in [0.5, 0.6) is 5.75 Å². The maximum Gasteiger partial charge on any atom is 0.119 e. The Bertz CT molecular complexity index is 617. The highest BCUT2D eigenvalue weighted by Crippen LogP contribution is 2.39. The third-order valence-electron chi connectivity index (χ3n) is 3.41. The standard InChI is InChI=1S/C16H14BrClOS/c17-15-6-5-13(7-11(15)8-18)19-9-12-10-20-16-4-2-1-3-14(12)16/h1-7,12H,8-10H2. The lowest BCUT2D eigenvalue weighted by Gasteiger charge is -2.13. The van der Waals surface area contributed by atoms with Crippen molar-refractivity contribution in [2.24, 2.45) is 0 Å². The monoisotopic (exact) mass is 368 g/mol. The molecule has 104 valence electrons. The second-order valence-electron chi connectivity index (χ2n) is 4.74. The van der Waals surface area contributed by atoms with Crippen LogP contribution in [0.1, 0.15) is 17.0 Å². The van der Waals surface area contributed by atoms with E-state index in [2.05, 4.69) is 40.2 Å². The van der Waals surface area contributed by atoms with Crippen molar-refractivity contribution in [3.05, 3.63) is 58.1 Å². The average Bonchev–Trinajstić information content (AvgIpc) is 2.90. The summed E-state index contributed by atoms with van der Waals surface area (Å²) in [5.74, 6) is 2.94. The molecule has 1 aliphatic rings. The molecule has 0 aliphatic carbocycles. The number of thioether (sulfide) groups is 1. The second-order valence-corrected chi connectivity index (χ2v) is 6.93. The van der Waals surface area contributed by atoms with Crippen LogP contribution in [0, 0.1) is 0 Å². The summed E-state index contributed by atoms with van der Waals surface area (Å²) in [4.78, 5) is 1.39. The van der Waals surface area contributed by atoms with Crippen molar-refractivity contribution in [1.82, 2.24) is 0 Å². The zero-order valence-electron chi connectivity index (χ0n) is 10.8. The molecule has 0 aromatic heterocycles. The summed E-state index contributed by atoms with van der Waals surface area (Å²) in [6.45, 7) is 0.716. The Balaban J connectivity index is 1.69. The quantitative estimate of drug-likeness (QED) is 0.662. The minimum atomic E-state index is 0.472. The van der Waals surface area contributed by atoms with Crippen LogP contribution in [0.15, 0.2) is 51.8 Å². The van der Waals surface area contributed by atoms with Gasteiger partial charge in [-0.05, 0) is 35.4 Å². The number of fused-ring (bicyclic) bond motifs is 1. The Labute approximate surface area is 136 Å². The number of hydrogen-bond donors (Lipinski definition) is 0. The van der Waals surface area contributed by atoms with E-state index in [1.807, 2.05) is 30.0 Å². The molecule has 0 fully saturated rings. The van der Waals surface area contributed by atoms with E-state index < -0.39 is 0 Å². The van der Waals surface area contributed by atoms with E-state index in [0.29, 0.717) is 18.4 Å². The van der Waals surface area contributed by atoms with Crippen molar-refractivity contribution < 1.29 is 4.74 Å². The first-order chi connectivity index (χ1) is 9.78. The van der Waals surface area contributed by atoms with Crippen molar-refractivity contribution >= 4 is 39.3 Å². The zero-order chi connectivity index (χ0) is 13.9. The molecule has 1 heterocycles. The molecule has 3 rings (SSSR count). The van der Waals surface area contributed by atoms with Gasteiger partial charge in [0, 0.05) is 26.9 Å². The molecule has 4 heteroatoms. The molecular formula is C16H14BrClOS. The van der Waals surface area contributed by atoms with Crippen LogP contribution in [0.4, 0.5) is 0 Å². The Morgan fingerprint density at radius 3 is 2.95 bits per heavy atom. The van der Waals surface area contributed by atoms with Gasteiger partial charge in [-0.1, -0.05) is 34.1 Å². The van der Waals surface area contributed by atoms with Gasteiger partial charge in [0.05, 0.1) is 6.61 Å². The molecular weight excluding hydrogens is 356 g/mol. The van der Waals surface area contributed by atoms with Crippen LogP contribution in [0.2, 0.25) is 0 Å². The minimum absolute atomic E-state index is 0.472. The van der Waals surface area contributed by atoms with Crippen LogP contribution in [0.25, 0.3) is 0 Å². The summed E-state index contributed by atoms with van der Waals surface area (Å²) in [5, 5.41) is 0. The summed E-state index contributed by atoms with van der Waals surface area (Å²) in [5.41, 5.74) is 2.47. The normalized spacial score (nSPS) is 17.0. The average molecular weight is 370 g/mol. The molecule has 0 amide bonds. The highest BCUT2D eigenvalue weighted by Gasteiger charge is 2.23. The minimum Gasteiger partial charge on any atom is -0.493 e. The largest absolute Gasteiger partial charge is 0.493 e. The molecule has 2 aromatic rings. The van der Waals surface area contributed by atoms with Crippen LogP contribution in [0.3, 0.4) is 0 Å². The predicted octanol–water partition coefficient (Wildman–Crippen LogP) is 5.46. The van der Waals surface area contributed by atoms with E-state index in [1.165, 1.54) is 10.5 Å². The molecule has 0 N–H and O–H groups in total. The Hall–Kier alpha value is -0.640. The molecule has 20 heavy (non-hydrogen) atoms. The van der Waals surface area contributed by atoms with Crippen LogP contribution in [-0.2, 0) is 5.88 Å². The fourth-order valence-electron chi connectivity index (χ4n) is 2.31. The van der Waals surface area contributed by atoms with E-state index >= 15 is 0 Å². The first-order valence-electron chi connectivity index (χ1n) is 6.47. The molecule has 1 unspecified atom stereocenters. The van der Waals surface area contributed by atoms with E-state index in [4.69, 9.17) is 16.3 Å². The van der Waals surface area contributed by atoms with Gasteiger partial charge in [0.25, 0.3) is 0 Å². The van der Waals surface area contributed by atoms with Gasteiger partial charge in [-0.25, -0.2) is 0 Å². The van der Waals surface area contributed by atoms with Gasteiger partial charge < -0.3 is 4.74 Å². The molecule has 1 nitrogen and oxygen atoms in total. The summed E-state index contributed by atoms with van der Waals surface area (Å²) < 4.78 is 6.98. The fraction of sp³-hybridized carbons (Fsp3) is 0.250. The van der Waals surface area contributed by atoms with Gasteiger partial charge in [-0.15, -0.1) is 23.4 Å². The van der Waals surface area contributed by atoms with E-state index in [9.17, 15) is 0 Å². The molecule has 1 atom stereocenters. The number of alkyl halides is 1. The number of hydrogen-bond acceptors (Lipinski definition) is 2. The molecule has 1 aliphatic heterocycles. The van der Waals surface area contributed by atoms with Crippen molar-refractivity contribution in [3.63, 3.8) is 0 Å². The van der Waals surface area contributed by atoms with Crippen molar-refractivity contribution in [2.75, 3.05) is 12.4 Å². The topological polar surface area (TPSA) is 9.23 Å². The van der Waals surface area contributed by atoms with Gasteiger partial charge in [0.2, 0.25) is 0 Å². The zero-order valence-corrected chi connectivity index (χ0v) is 14.0. The van der Waals surface area contributed by atoms with Crippen LogP contribution >= 0.6 is 39.3 Å². The molecule has 2 aromatic carbocycles. The lowest BCUT2D eigenvalue weighted by Crippen LogP contribution is -2.09. The summed E-state index contributed by atoms with van der Waals surface area (Å²) in [6.07, 6.45) is 0. The highest BCUT2D eigenvalue weighted by molar-refractivity contribution is 9.10. The maximum atomic E-state index is 5.95. The van der Waals surface area contributed by atoms with Gasteiger partial charge in [0.1, 0.15) is 5.75 Å². The number of benzene rings is 2. The summed E-state index contributed by atoms with van der Waals surface area (Å²) >= 11 is 11.3. The van der Waals surface area contributed by atoms with Gasteiger partial charge in [-0.3, -0.25) is 0 Å². The van der Waals surface area contributed by atoms with Crippen molar-refractivity contribution in [3.8, 4) is 5.75 Å². The molecule has 0 radical (unpaired) electrons. The Morgan fingerprint density at radius 2 is 2.10 bits per heavy atom. The molecule has 0 spiro atoms. The third-order valence-corrected chi connectivity index (χ3v) is 5.72. The molecule has 0 saturated heterocycles. The van der Waals surface area contributed by atoms with Gasteiger partial charge in [-0.2, -0.15) is 0 Å². The van der Waals surface area contributed by atoms with E-state index in [0.717, 1.165) is 21.5 Å². The van der Waals surface area contributed by atoms with Gasteiger partial charge in [0.15, 0.2) is 0 Å². The first-order valence-corrected chi connectivity index (χ1v) is 8.78. The van der Waals surface area contributed by atoms with Crippen molar-refractivity contribution in [2.45, 2.75) is 16.7 Å². The third kappa shape index (κ3) is 3.00. The number of ether oxygens (including phenoxy) is 1. The van der Waals surface area contributed by atoms with Crippen LogP contribution < -0.4 is 4.74 Å². The summed E-state index contributed by atoms with van der Waals surface area (Å²) in [6, 6.07) is 14.6. The van der Waals surface area contributed by atoms with E-state index in [1.54, 1.807) is 0 Å². The van der Waals surface area contributed by atoms with Crippen LogP contribution in [-0.4, -0.2) is 12.4 Å². The predicted molar refractivity (Wildman–Crippen MR) is 89.1 cm³/mol. The number of rotatable bonds is 4. The van der Waals surface area contributed by atoms with Gasteiger partial charge >= 0.3 is 0 Å². The fourth-order valence-corrected chi connectivity index (χ4v) is 4.31. The maximum absolute atomic E-state index is 5.95. The first kappa shape index (κ1) is 14.3. The molecule has 0 bridgehead atoms. The highest BCUT2D eigenvalue weighted by atomic mass is 79.9. The van der Waals surface area contributed by atoms with Crippen molar-refractivity contribution in [1.29, 1.82) is 0 Å². The second kappa shape index (κ2) is 6.42.